The quantitative estimate of drug-likeness (QED) is 0.716. The lowest BCUT2D eigenvalue weighted by molar-refractivity contribution is 0.0697. The van der Waals surface area contributed by atoms with E-state index in [0.29, 0.717) is 5.56 Å². The summed E-state index contributed by atoms with van der Waals surface area (Å²) in [5, 5.41) is 9.08. The fraction of sp³-hybridized carbons (Fsp3) is 0.611. The van der Waals surface area contributed by atoms with Crippen molar-refractivity contribution < 1.29 is 9.90 Å². The highest BCUT2D eigenvalue weighted by atomic mass is 16.4. The summed E-state index contributed by atoms with van der Waals surface area (Å²) in [6.07, 6.45) is 10.0. The Morgan fingerprint density at radius 3 is 2.71 bits per heavy atom. The number of nitrogens with zero attached hydrogens (tertiary/aromatic N) is 1. The Balaban J connectivity index is 1.88. The van der Waals surface area contributed by atoms with Crippen LogP contribution in [0, 0.1) is 0 Å². The molecule has 0 unspecified atom stereocenters. The number of aromatic carboxylic acids is 1. The van der Waals surface area contributed by atoms with Crippen molar-refractivity contribution in [3.63, 3.8) is 0 Å². The summed E-state index contributed by atoms with van der Waals surface area (Å²) in [6, 6.07) is 5.58. The zero-order valence-electron chi connectivity index (χ0n) is 13.1. The molecule has 1 aliphatic heterocycles. The third-order valence-electron chi connectivity index (χ3n) is 4.32. The van der Waals surface area contributed by atoms with Crippen molar-refractivity contribution in [3.8, 4) is 0 Å². The smallest absolute Gasteiger partial charge is 0.335 e. The largest absolute Gasteiger partial charge is 0.478 e. The van der Waals surface area contributed by atoms with Gasteiger partial charge in [0, 0.05) is 18.8 Å². The molecule has 0 aromatic heterocycles. The van der Waals surface area contributed by atoms with Crippen molar-refractivity contribution >= 4 is 11.7 Å². The molecule has 1 aromatic rings. The minimum Gasteiger partial charge on any atom is -0.478 e. The van der Waals surface area contributed by atoms with E-state index in [1.807, 2.05) is 12.1 Å². The maximum atomic E-state index is 11.1. The highest BCUT2D eigenvalue weighted by Gasteiger charge is 2.17. The lowest BCUT2D eigenvalue weighted by atomic mass is 9.98. The van der Waals surface area contributed by atoms with Crippen LogP contribution in [0.4, 0.5) is 5.69 Å². The number of aryl methyl sites for hydroxylation is 1. The summed E-state index contributed by atoms with van der Waals surface area (Å²) in [6.45, 7) is 4.45. The molecule has 1 aromatic carbocycles. The molecule has 2 rings (SSSR count). The first-order valence-electron chi connectivity index (χ1n) is 8.33. The Labute approximate surface area is 128 Å². The second kappa shape index (κ2) is 8.06. The molecule has 1 heterocycles. The number of carboxylic acid groups (broad SMARTS) is 1. The van der Waals surface area contributed by atoms with Crippen LogP contribution in [0.1, 0.15) is 67.8 Å². The predicted octanol–water partition coefficient (Wildman–Crippen LogP) is 4.50. The molecule has 0 atom stereocenters. The standard InChI is InChI=1S/C18H27NO2/c1-2-3-4-5-6-7-12-19-13-8-9-15-14-16(18(20)21)10-11-17(15)19/h10-11,14H,2-9,12-13H2,1H3,(H,20,21). The Bertz CT molecular complexity index is 470. The van der Waals surface area contributed by atoms with E-state index in [-0.39, 0.29) is 0 Å². The van der Waals surface area contributed by atoms with E-state index in [1.165, 1.54) is 49.8 Å². The number of hydrogen-bond donors (Lipinski definition) is 1. The van der Waals surface area contributed by atoms with Crippen molar-refractivity contribution in [2.45, 2.75) is 58.3 Å². The average Bonchev–Trinajstić information content (AvgIpc) is 2.50. The van der Waals surface area contributed by atoms with Gasteiger partial charge in [-0.1, -0.05) is 39.0 Å². The summed E-state index contributed by atoms with van der Waals surface area (Å²) in [5.74, 6) is -0.828. The number of benzene rings is 1. The molecule has 1 N–H and O–H groups in total. The van der Waals surface area contributed by atoms with Gasteiger partial charge in [-0.15, -0.1) is 0 Å². The average molecular weight is 289 g/mol. The number of anilines is 1. The molecule has 3 heteroatoms. The van der Waals surface area contributed by atoms with Gasteiger partial charge in [-0.2, -0.15) is 0 Å². The molecule has 0 fully saturated rings. The number of hydrogen-bond acceptors (Lipinski definition) is 2. The van der Waals surface area contributed by atoms with Crippen LogP contribution >= 0.6 is 0 Å². The summed E-state index contributed by atoms with van der Waals surface area (Å²) in [7, 11) is 0. The normalized spacial score (nSPS) is 14.0. The zero-order chi connectivity index (χ0) is 15.1. The number of unbranched alkanes of at least 4 members (excludes halogenated alkanes) is 5. The fourth-order valence-corrected chi connectivity index (χ4v) is 3.12. The Hall–Kier alpha value is -1.51. The first-order chi connectivity index (χ1) is 10.2. The molecule has 0 radical (unpaired) electrons. The Morgan fingerprint density at radius 1 is 1.19 bits per heavy atom. The van der Waals surface area contributed by atoms with Gasteiger partial charge < -0.3 is 10.0 Å². The van der Waals surface area contributed by atoms with Crippen molar-refractivity contribution in [1.82, 2.24) is 0 Å². The van der Waals surface area contributed by atoms with Gasteiger partial charge in [0.05, 0.1) is 5.56 Å². The van der Waals surface area contributed by atoms with Crippen LogP contribution < -0.4 is 4.90 Å². The van der Waals surface area contributed by atoms with E-state index in [1.54, 1.807) is 6.07 Å². The summed E-state index contributed by atoms with van der Waals surface area (Å²) in [5.41, 5.74) is 2.86. The summed E-state index contributed by atoms with van der Waals surface area (Å²) in [4.78, 5) is 13.5. The number of rotatable bonds is 8. The molecule has 0 spiro atoms. The number of carbonyl (C=O) groups is 1. The highest BCUT2D eigenvalue weighted by molar-refractivity contribution is 5.88. The Kier molecular flexibility index (Phi) is 6.09. The lowest BCUT2D eigenvalue weighted by Gasteiger charge is -2.31. The molecule has 3 nitrogen and oxygen atoms in total. The van der Waals surface area contributed by atoms with E-state index >= 15 is 0 Å². The summed E-state index contributed by atoms with van der Waals surface area (Å²) < 4.78 is 0. The molecule has 0 aliphatic carbocycles. The van der Waals surface area contributed by atoms with Crippen LogP contribution in [-0.4, -0.2) is 24.2 Å². The molecule has 0 bridgehead atoms. The van der Waals surface area contributed by atoms with E-state index in [0.717, 1.165) is 25.9 Å². The topological polar surface area (TPSA) is 40.5 Å². The minimum absolute atomic E-state index is 0.412. The van der Waals surface area contributed by atoms with Crippen LogP contribution in [0.15, 0.2) is 18.2 Å². The molecular weight excluding hydrogens is 262 g/mol. The third kappa shape index (κ3) is 4.48. The van der Waals surface area contributed by atoms with Crippen molar-refractivity contribution in [2.75, 3.05) is 18.0 Å². The molecule has 0 saturated carbocycles. The van der Waals surface area contributed by atoms with Crippen LogP contribution in [-0.2, 0) is 6.42 Å². The van der Waals surface area contributed by atoms with Crippen LogP contribution in [0.2, 0.25) is 0 Å². The Morgan fingerprint density at radius 2 is 1.95 bits per heavy atom. The SMILES string of the molecule is CCCCCCCCN1CCCc2cc(C(=O)O)ccc21. The monoisotopic (exact) mass is 289 g/mol. The van der Waals surface area contributed by atoms with Gasteiger partial charge in [0.15, 0.2) is 0 Å². The zero-order valence-corrected chi connectivity index (χ0v) is 13.1. The molecule has 116 valence electrons. The van der Waals surface area contributed by atoms with Crippen LogP contribution in [0.25, 0.3) is 0 Å². The molecular formula is C18H27NO2. The van der Waals surface area contributed by atoms with Crippen LogP contribution in [0.3, 0.4) is 0 Å². The van der Waals surface area contributed by atoms with E-state index in [2.05, 4.69) is 11.8 Å². The maximum Gasteiger partial charge on any atom is 0.335 e. The number of fused-ring (bicyclic) bond motifs is 1. The maximum absolute atomic E-state index is 11.1. The van der Waals surface area contributed by atoms with Gasteiger partial charge in [0.1, 0.15) is 0 Å². The van der Waals surface area contributed by atoms with Gasteiger partial charge in [0.25, 0.3) is 0 Å². The van der Waals surface area contributed by atoms with Crippen molar-refractivity contribution in [3.05, 3.63) is 29.3 Å². The fourth-order valence-electron chi connectivity index (χ4n) is 3.12. The second-order valence-electron chi connectivity index (χ2n) is 6.01. The molecule has 0 amide bonds. The first kappa shape index (κ1) is 15.9. The third-order valence-corrected chi connectivity index (χ3v) is 4.32. The van der Waals surface area contributed by atoms with Gasteiger partial charge in [-0.3, -0.25) is 0 Å². The summed E-state index contributed by atoms with van der Waals surface area (Å²) >= 11 is 0. The highest BCUT2D eigenvalue weighted by Crippen LogP contribution is 2.28. The van der Waals surface area contributed by atoms with Crippen molar-refractivity contribution in [1.29, 1.82) is 0 Å². The van der Waals surface area contributed by atoms with E-state index < -0.39 is 5.97 Å². The van der Waals surface area contributed by atoms with Crippen molar-refractivity contribution in [2.24, 2.45) is 0 Å². The second-order valence-corrected chi connectivity index (χ2v) is 6.01. The van der Waals surface area contributed by atoms with Gasteiger partial charge in [-0.05, 0) is 43.0 Å². The van der Waals surface area contributed by atoms with Gasteiger partial charge in [-0.25, -0.2) is 4.79 Å². The minimum atomic E-state index is -0.828. The van der Waals surface area contributed by atoms with Crippen LogP contribution in [0.5, 0.6) is 0 Å². The molecule has 1 aliphatic rings. The first-order valence-corrected chi connectivity index (χ1v) is 8.33. The molecule has 21 heavy (non-hydrogen) atoms. The van der Waals surface area contributed by atoms with Gasteiger partial charge in [0.2, 0.25) is 0 Å². The molecule has 0 saturated heterocycles. The van der Waals surface area contributed by atoms with E-state index in [4.69, 9.17) is 5.11 Å². The number of carboxylic acids is 1. The van der Waals surface area contributed by atoms with Gasteiger partial charge >= 0.3 is 5.97 Å². The lowest BCUT2D eigenvalue weighted by Crippen LogP contribution is -2.30. The van der Waals surface area contributed by atoms with E-state index in [9.17, 15) is 4.79 Å². The predicted molar refractivity (Wildman–Crippen MR) is 87.3 cm³/mol.